The molecule has 0 aliphatic rings. The van der Waals surface area contributed by atoms with Gasteiger partial charge in [-0.25, -0.2) is 9.78 Å². The van der Waals surface area contributed by atoms with E-state index in [-0.39, 0.29) is 11.2 Å². The molecule has 0 saturated carbocycles. The Morgan fingerprint density at radius 1 is 1.26 bits per heavy atom. The number of hydrogen-bond donors (Lipinski definition) is 1. The first-order valence-electron chi connectivity index (χ1n) is 6.31. The Hall–Kier alpha value is -1.95. The van der Waals surface area contributed by atoms with E-state index >= 15 is 0 Å². The van der Waals surface area contributed by atoms with Gasteiger partial charge in [-0.2, -0.15) is 0 Å². The summed E-state index contributed by atoms with van der Waals surface area (Å²) < 4.78 is 2.49. The molecule has 0 aromatic carbocycles. The van der Waals surface area contributed by atoms with Crippen molar-refractivity contribution < 1.29 is 0 Å². The molecule has 0 amide bonds. The lowest BCUT2D eigenvalue weighted by Crippen LogP contribution is -2.37. The lowest BCUT2D eigenvalue weighted by atomic mass is 10.2. The highest BCUT2D eigenvalue weighted by atomic mass is 16.2. The Balaban J connectivity index is 2.54. The van der Waals surface area contributed by atoms with E-state index in [0.29, 0.717) is 17.6 Å². The van der Waals surface area contributed by atoms with Crippen LogP contribution in [0.25, 0.3) is 11.0 Å². The Bertz CT molecular complexity index is 715. The zero-order valence-electron chi connectivity index (χ0n) is 11.4. The van der Waals surface area contributed by atoms with Crippen LogP contribution in [0.4, 0.5) is 0 Å². The Morgan fingerprint density at radius 3 is 2.68 bits per heavy atom. The normalized spacial score (nSPS) is 11.1. The molecule has 0 radical (unpaired) electrons. The summed E-state index contributed by atoms with van der Waals surface area (Å²) in [6, 6.07) is 1.80. The van der Waals surface area contributed by atoms with Crippen LogP contribution in [-0.2, 0) is 20.6 Å². The molecule has 0 spiro atoms. The molecule has 0 atom stereocenters. The van der Waals surface area contributed by atoms with Gasteiger partial charge in [-0.1, -0.05) is 6.92 Å². The zero-order chi connectivity index (χ0) is 14.0. The van der Waals surface area contributed by atoms with Gasteiger partial charge < -0.3 is 5.32 Å². The van der Waals surface area contributed by atoms with E-state index in [1.165, 1.54) is 11.6 Å². The summed E-state index contributed by atoms with van der Waals surface area (Å²) >= 11 is 0. The highest BCUT2D eigenvalue weighted by Gasteiger charge is 2.09. The fraction of sp³-hybridized carbons (Fsp3) is 0.462. The van der Waals surface area contributed by atoms with Crippen LogP contribution in [-0.4, -0.2) is 20.7 Å². The highest BCUT2D eigenvalue weighted by Crippen LogP contribution is 2.07. The quantitative estimate of drug-likeness (QED) is 0.795. The number of hydrogen-bond acceptors (Lipinski definition) is 4. The van der Waals surface area contributed by atoms with Crippen LogP contribution in [0.15, 0.2) is 21.9 Å². The van der Waals surface area contributed by atoms with Gasteiger partial charge in [0.05, 0.1) is 5.39 Å². The maximum atomic E-state index is 12.1. The lowest BCUT2D eigenvalue weighted by molar-refractivity contribution is 0.672. The minimum absolute atomic E-state index is 0.303. The van der Waals surface area contributed by atoms with Gasteiger partial charge in [0.15, 0.2) is 0 Å². The van der Waals surface area contributed by atoms with Crippen LogP contribution in [0, 0.1) is 0 Å². The van der Waals surface area contributed by atoms with E-state index in [1.807, 2.05) is 0 Å². The molecule has 2 aromatic heterocycles. The van der Waals surface area contributed by atoms with Gasteiger partial charge in [0.25, 0.3) is 5.56 Å². The summed E-state index contributed by atoms with van der Waals surface area (Å²) in [6.07, 6.45) is 2.75. The number of fused-ring (bicyclic) bond motifs is 1. The predicted octanol–water partition coefficient (Wildman–Crippen LogP) is 0.132. The molecule has 19 heavy (non-hydrogen) atoms. The molecule has 6 heteroatoms. The third-order valence-corrected chi connectivity index (χ3v) is 3.11. The van der Waals surface area contributed by atoms with Crippen molar-refractivity contribution in [1.29, 1.82) is 0 Å². The van der Waals surface area contributed by atoms with Gasteiger partial charge in [0, 0.05) is 26.8 Å². The fourth-order valence-electron chi connectivity index (χ4n) is 2.01. The Kier molecular flexibility index (Phi) is 3.80. The molecule has 1 N–H and O–H groups in total. The number of nitrogens with one attached hydrogen (secondary N) is 1. The van der Waals surface area contributed by atoms with Crippen LogP contribution in [0.3, 0.4) is 0 Å². The molecule has 0 aliphatic carbocycles. The molecule has 102 valence electrons. The third kappa shape index (κ3) is 2.44. The average Bonchev–Trinajstić information content (AvgIpc) is 2.43. The molecule has 0 unspecified atom stereocenters. The number of rotatable bonds is 4. The molecule has 0 fully saturated rings. The average molecular weight is 262 g/mol. The molecule has 0 saturated heterocycles. The van der Waals surface area contributed by atoms with Gasteiger partial charge in [0.2, 0.25) is 0 Å². The Labute approximate surface area is 110 Å². The summed E-state index contributed by atoms with van der Waals surface area (Å²) in [7, 11) is 3.10. The van der Waals surface area contributed by atoms with Crippen molar-refractivity contribution in [3.05, 3.63) is 38.7 Å². The molecule has 0 aliphatic heterocycles. The van der Waals surface area contributed by atoms with Gasteiger partial charge in [0.1, 0.15) is 5.65 Å². The second-order valence-corrected chi connectivity index (χ2v) is 4.60. The van der Waals surface area contributed by atoms with Crippen molar-refractivity contribution in [2.24, 2.45) is 14.1 Å². The van der Waals surface area contributed by atoms with Crippen LogP contribution in [0.1, 0.15) is 18.9 Å². The predicted molar refractivity (Wildman–Crippen MR) is 74.2 cm³/mol. The minimum atomic E-state index is -0.359. The van der Waals surface area contributed by atoms with Crippen molar-refractivity contribution in [2.75, 3.05) is 6.54 Å². The van der Waals surface area contributed by atoms with Gasteiger partial charge in [-0.3, -0.25) is 13.9 Å². The first-order chi connectivity index (χ1) is 9.06. The van der Waals surface area contributed by atoms with Crippen molar-refractivity contribution >= 4 is 11.0 Å². The summed E-state index contributed by atoms with van der Waals surface area (Å²) in [4.78, 5) is 28.1. The SMILES string of the molecule is CCCNCc1cnc2c(c1)c(=O)n(C)c(=O)n2C. The second-order valence-electron chi connectivity index (χ2n) is 4.60. The summed E-state index contributed by atoms with van der Waals surface area (Å²) in [6.45, 7) is 3.68. The molecule has 2 rings (SSSR count). The first-order valence-corrected chi connectivity index (χ1v) is 6.31. The maximum Gasteiger partial charge on any atom is 0.332 e. The van der Waals surface area contributed by atoms with Crippen molar-refractivity contribution in [3.63, 3.8) is 0 Å². The number of aryl methyl sites for hydroxylation is 1. The van der Waals surface area contributed by atoms with Crippen molar-refractivity contribution in [1.82, 2.24) is 19.4 Å². The molecule has 6 nitrogen and oxygen atoms in total. The summed E-state index contributed by atoms with van der Waals surface area (Å²) in [5.41, 5.74) is 0.703. The number of pyridine rings is 1. The maximum absolute atomic E-state index is 12.1. The monoisotopic (exact) mass is 262 g/mol. The number of nitrogens with zero attached hydrogens (tertiary/aromatic N) is 3. The van der Waals surface area contributed by atoms with E-state index in [0.717, 1.165) is 23.1 Å². The van der Waals surface area contributed by atoms with E-state index in [4.69, 9.17) is 0 Å². The van der Waals surface area contributed by atoms with Gasteiger partial charge in [-0.05, 0) is 24.6 Å². The fourth-order valence-corrected chi connectivity index (χ4v) is 2.01. The van der Waals surface area contributed by atoms with E-state index in [2.05, 4.69) is 17.2 Å². The van der Waals surface area contributed by atoms with E-state index in [1.54, 1.807) is 19.3 Å². The molecule has 0 bridgehead atoms. The smallest absolute Gasteiger partial charge is 0.313 e. The van der Waals surface area contributed by atoms with Crippen LogP contribution < -0.4 is 16.6 Å². The minimum Gasteiger partial charge on any atom is -0.313 e. The highest BCUT2D eigenvalue weighted by molar-refractivity contribution is 5.74. The molecular weight excluding hydrogens is 244 g/mol. The van der Waals surface area contributed by atoms with Crippen LogP contribution in [0.5, 0.6) is 0 Å². The van der Waals surface area contributed by atoms with Crippen LogP contribution in [0.2, 0.25) is 0 Å². The first kappa shape index (κ1) is 13.5. The number of aromatic nitrogens is 3. The van der Waals surface area contributed by atoms with E-state index < -0.39 is 0 Å². The van der Waals surface area contributed by atoms with Gasteiger partial charge in [-0.15, -0.1) is 0 Å². The van der Waals surface area contributed by atoms with Crippen molar-refractivity contribution in [3.8, 4) is 0 Å². The molecule has 2 heterocycles. The van der Waals surface area contributed by atoms with Gasteiger partial charge >= 0.3 is 5.69 Å². The summed E-state index contributed by atoms with van der Waals surface area (Å²) in [5, 5.41) is 3.73. The standard InChI is InChI=1S/C13H18N4O2/c1-4-5-14-7-9-6-10-11(15-8-9)16(2)13(19)17(3)12(10)18/h6,8,14H,4-5,7H2,1-3H3. The Morgan fingerprint density at radius 2 is 2.00 bits per heavy atom. The topological polar surface area (TPSA) is 68.9 Å². The third-order valence-electron chi connectivity index (χ3n) is 3.11. The van der Waals surface area contributed by atoms with Crippen molar-refractivity contribution in [2.45, 2.75) is 19.9 Å². The largest absolute Gasteiger partial charge is 0.332 e. The molecular formula is C13H18N4O2. The zero-order valence-corrected chi connectivity index (χ0v) is 11.4. The van der Waals surface area contributed by atoms with E-state index in [9.17, 15) is 9.59 Å². The lowest BCUT2D eigenvalue weighted by Gasteiger charge is -2.08. The van der Waals surface area contributed by atoms with Crippen LogP contribution >= 0.6 is 0 Å². The summed E-state index contributed by atoms with van der Waals surface area (Å²) in [5.74, 6) is 0. The second kappa shape index (κ2) is 5.36. The molecule has 2 aromatic rings.